The maximum Gasteiger partial charge on any atom is 0.355 e. The van der Waals surface area contributed by atoms with E-state index in [4.69, 9.17) is 9.26 Å². The number of Topliss-reactive ketones (excluding diaryl/α,β-unsaturated/α-hetero) is 1. The van der Waals surface area contributed by atoms with Crippen LogP contribution in [0.5, 0.6) is 0 Å². The third-order valence-corrected chi connectivity index (χ3v) is 3.87. The number of nitrogens with zero attached hydrogens (tertiary/aromatic N) is 1. The number of aromatic amines is 1. The second kappa shape index (κ2) is 5.98. The fourth-order valence-corrected chi connectivity index (χ4v) is 2.52. The molecule has 0 bridgehead atoms. The number of carbonyl (C=O) groups is 2. The molecule has 1 N–H and O–H groups in total. The second-order valence-corrected chi connectivity index (χ2v) is 5.54. The van der Waals surface area contributed by atoms with E-state index < -0.39 is 5.97 Å². The number of H-pyrrole nitrogens is 1. The SMILES string of the molecule is CC(=O)c1c[nH]c(C(=O)OCc2cc(-c3cccs3)on2)c1. The normalized spacial score (nSPS) is 10.6. The molecule has 3 heterocycles. The van der Waals surface area contributed by atoms with Gasteiger partial charge in [-0.25, -0.2) is 4.79 Å². The van der Waals surface area contributed by atoms with E-state index >= 15 is 0 Å². The average Bonchev–Trinajstić information content (AvgIpc) is 3.23. The number of rotatable bonds is 5. The van der Waals surface area contributed by atoms with Crippen LogP contribution in [0.25, 0.3) is 10.6 Å². The number of carbonyl (C=O) groups excluding carboxylic acids is 2. The standard InChI is InChI=1S/C15H12N2O4S/c1-9(18)10-5-12(16-7-10)15(19)20-8-11-6-13(21-17-11)14-3-2-4-22-14/h2-7,16H,8H2,1H3. The highest BCUT2D eigenvalue weighted by molar-refractivity contribution is 7.13. The van der Waals surface area contributed by atoms with Crippen molar-refractivity contribution in [3.63, 3.8) is 0 Å². The zero-order valence-electron chi connectivity index (χ0n) is 11.7. The summed E-state index contributed by atoms with van der Waals surface area (Å²) in [5.74, 6) is -0.0275. The molecule has 0 aliphatic rings. The largest absolute Gasteiger partial charge is 0.454 e. The van der Waals surface area contributed by atoms with Gasteiger partial charge in [-0.15, -0.1) is 11.3 Å². The number of hydrogen-bond donors (Lipinski definition) is 1. The van der Waals surface area contributed by atoms with Crippen LogP contribution in [-0.2, 0) is 11.3 Å². The van der Waals surface area contributed by atoms with E-state index in [0.29, 0.717) is 17.0 Å². The van der Waals surface area contributed by atoms with Gasteiger partial charge in [-0.2, -0.15) is 0 Å². The molecular weight excluding hydrogens is 304 g/mol. The van der Waals surface area contributed by atoms with Gasteiger partial charge in [0.2, 0.25) is 0 Å². The molecule has 0 radical (unpaired) electrons. The number of nitrogens with one attached hydrogen (secondary N) is 1. The molecule has 0 saturated carbocycles. The van der Waals surface area contributed by atoms with Gasteiger partial charge in [0.05, 0.1) is 4.88 Å². The minimum atomic E-state index is -0.548. The third kappa shape index (κ3) is 2.99. The van der Waals surface area contributed by atoms with E-state index in [1.54, 1.807) is 6.07 Å². The quantitative estimate of drug-likeness (QED) is 0.576. The molecule has 3 aromatic rings. The fraction of sp³-hybridized carbons (Fsp3) is 0.133. The highest BCUT2D eigenvalue weighted by Gasteiger charge is 2.14. The van der Waals surface area contributed by atoms with E-state index in [1.807, 2.05) is 17.5 Å². The Kier molecular flexibility index (Phi) is 3.88. The van der Waals surface area contributed by atoms with Crippen molar-refractivity contribution in [2.75, 3.05) is 0 Å². The number of esters is 1. The summed E-state index contributed by atoms with van der Waals surface area (Å²) in [5.41, 5.74) is 1.19. The van der Waals surface area contributed by atoms with Crippen LogP contribution in [-0.4, -0.2) is 21.9 Å². The predicted octanol–water partition coefficient (Wildman–Crippen LogP) is 3.29. The molecule has 0 aliphatic heterocycles. The first-order valence-corrected chi connectivity index (χ1v) is 7.37. The highest BCUT2D eigenvalue weighted by Crippen LogP contribution is 2.25. The lowest BCUT2D eigenvalue weighted by molar-refractivity contribution is 0.0458. The van der Waals surface area contributed by atoms with Crippen molar-refractivity contribution in [1.82, 2.24) is 10.1 Å². The summed E-state index contributed by atoms with van der Waals surface area (Å²) in [7, 11) is 0. The Balaban J connectivity index is 1.62. The van der Waals surface area contributed by atoms with Gasteiger partial charge in [0.25, 0.3) is 0 Å². The molecule has 0 unspecified atom stereocenters. The van der Waals surface area contributed by atoms with Crippen molar-refractivity contribution in [1.29, 1.82) is 0 Å². The molecule has 112 valence electrons. The maximum absolute atomic E-state index is 11.9. The Morgan fingerprint density at radius 3 is 2.95 bits per heavy atom. The van der Waals surface area contributed by atoms with Gasteiger partial charge >= 0.3 is 5.97 Å². The summed E-state index contributed by atoms with van der Waals surface area (Å²) in [6.07, 6.45) is 1.48. The number of aromatic nitrogens is 2. The molecule has 0 aromatic carbocycles. The Hall–Kier alpha value is -2.67. The average molecular weight is 316 g/mol. The predicted molar refractivity (Wildman–Crippen MR) is 79.7 cm³/mol. The Morgan fingerprint density at radius 2 is 2.27 bits per heavy atom. The molecule has 6 nitrogen and oxygen atoms in total. The van der Waals surface area contributed by atoms with Crippen LogP contribution >= 0.6 is 11.3 Å². The van der Waals surface area contributed by atoms with Crippen LogP contribution in [0.15, 0.2) is 40.4 Å². The van der Waals surface area contributed by atoms with Crippen LogP contribution in [0.2, 0.25) is 0 Å². The molecule has 0 saturated heterocycles. The van der Waals surface area contributed by atoms with Gasteiger partial charge in [0.15, 0.2) is 11.5 Å². The molecule has 3 aromatic heterocycles. The summed E-state index contributed by atoms with van der Waals surface area (Å²) >= 11 is 1.54. The fourth-order valence-electron chi connectivity index (χ4n) is 1.85. The topological polar surface area (TPSA) is 85.2 Å². The van der Waals surface area contributed by atoms with Crippen molar-refractivity contribution in [2.24, 2.45) is 0 Å². The highest BCUT2D eigenvalue weighted by atomic mass is 32.1. The summed E-state index contributed by atoms with van der Waals surface area (Å²) in [6.45, 7) is 1.43. The second-order valence-electron chi connectivity index (χ2n) is 4.59. The van der Waals surface area contributed by atoms with Gasteiger partial charge in [0, 0.05) is 17.8 Å². The number of hydrogen-bond acceptors (Lipinski definition) is 6. The minimum absolute atomic E-state index is 0.00212. The number of ether oxygens (including phenoxy) is 1. The smallest absolute Gasteiger partial charge is 0.355 e. The zero-order valence-corrected chi connectivity index (χ0v) is 12.5. The number of thiophene rings is 1. The van der Waals surface area contributed by atoms with Crippen molar-refractivity contribution in [2.45, 2.75) is 13.5 Å². The molecule has 0 atom stereocenters. The van der Waals surface area contributed by atoms with Crippen LogP contribution in [0.4, 0.5) is 0 Å². The van der Waals surface area contributed by atoms with E-state index in [2.05, 4.69) is 10.1 Å². The van der Waals surface area contributed by atoms with Crippen LogP contribution in [0.1, 0.15) is 33.5 Å². The molecule has 0 amide bonds. The van der Waals surface area contributed by atoms with Gasteiger partial charge in [0.1, 0.15) is 18.0 Å². The lowest BCUT2D eigenvalue weighted by Gasteiger charge is -1.99. The van der Waals surface area contributed by atoms with Crippen LogP contribution < -0.4 is 0 Å². The molecule has 22 heavy (non-hydrogen) atoms. The lowest BCUT2D eigenvalue weighted by atomic mass is 10.2. The minimum Gasteiger partial charge on any atom is -0.454 e. The van der Waals surface area contributed by atoms with Gasteiger partial charge < -0.3 is 14.2 Å². The van der Waals surface area contributed by atoms with E-state index in [1.165, 1.54) is 30.5 Å². The molecule has 0 fully saturated rings. The molecule has 0 aliphatic carbocycles. The monoisotopic (exact) mass is 316 g/mol. The first kappa shape index (κ1) is 14.3. The maximum atomic E-state index is 11.9. The van der Waals surface area contributed by atoms with Gasteiger partial charge in [-0.05, 0) is 24.4 Å². The summed E-state index contributed by atoms with van der Waals surface area (Å²) in [6, 6.07) is 7.03. The van der Waals surface area contributed by atoms with Crippen molar-refractivity contribution in [3.8, 4) is 10.6 Å². The summed E-state index contributed by atoms with van der Waals surface area (Å²) < 4.78 is 10.3. The van der Waals surface area contributed by atoms with E-state index in [0.717, 1.165) is 4.88 Å². The zero-order chi connectivity index (χ0) is 15.5. The first-order valence-electron chi connectivity index (χ1n) is 6.49. The third-order valence-electron chi connectivity index (χ3n) is 2.98. The Morgan fingerprint density at radius 1 is 1.41 bits per heavy atom. The molecule has 0 spiro atoms. The van der Waals surface area contributed by atoms with Crippen molar-refractivity contribution in [3.05, 3.63) is 52.8 Å². The first-order chi connectivity index (χ1) is 10.6. The number of ketones is 1. The van der Waals surface area contributed by atoms with Crippen LogP contribution in [0.3, 0.4) is 0 Å². The molecule has 7 heteroatoms. The van der Waals surface area contributed by atoms with Crippen molar-refractivity contribution < 1.29 is 18.8 Å². The summed E-state index contributed by atoms with van der Waals surface area (Å²) in [4.78, 5) is 26.7. The van der Waals surface area contributed by atoms with E-state index in [-0.39, 0.29) is 18.1 Å². The summed E-state index contributed by atoms with van der Waals surface area (Å²) in [5, 5.41) is 5.80. The molecular formula is C15H12N2O4S. The van der Waals surface area contributed by atoms with Crippen LogP contribution in [0, 0.1) is 0 Å². The van der Waals surface area contributed by atoms with Gasteiger partial charge in [-0.1, -0.05) is 11.2 Å². The Bertz CT molecular complexity index is 801. The lowest BCUT2D eigenvalue weighted by Crippen LogP contribution is -2.05. The molecule has 3 rings (SSSR count). The van der Waals surface area contributed by atoms with Gasteiger partial charge in [-0.3, -0.25) is 4.79 Å². The van der Waals surface area contributed by atoms with E-state index in [9.17, 15) is 9.59 Å². The van der Waals surface area contributed by atoms with Crippen molar-refractivity contribution >= 4 is 23.1 Å². The Labute approximate surface area is 129 Å².